The lowest BCUT2D eigenvalue weighted by molar-refractivity contribution is 0.153. The minimum Gasteiger partial charge on any atom is -0.383 e. The Morgan fingerprint density at radius 1 is 0.967 bits per heavy atom. The third-order valence-corrected chi connectivity index (χ3v) is 4.77. The van der Waals surface area contributed by atoms with Crippen LogP contribution < -0.4 is 10.2 Å². The second-order valence-electron chi connectivity index (χ2n) is 7.09. The van der Waals surface area contributed by atoms with Crippen molar-refractivity contribution in [3.8, 4) is 0 Å². The van der Waals surface area contributed by atoms with Crippen molar-refractivity contribution in [2.75, 3.05) is 37.5 Å². The summed E-state index contributed by atoms with van der Waals surface area (Å²) in [7, 11) is 3.69. The third kappa shape index (κ3) is 6.32. The first-order chi connectivity index (χ1) is 14.7. The van der Waals surface area contributed by atoms with Crippen molar-refractivity contribution >= 4 is 17.4 Å². The molecule has 0 saturated heterocycles. The highest BCUT2D eigenvalue weighted by Gasteiger charge is 2.14. The summed E-state index contributed by atoms with van der Waals surface area (Å²) < 4.78 is 5.16. The maximum atomic E-state index is 12.8. The van der Waals surface area contributed by atoms with Crippen LogP contribution in [0, 0.1) is 0 Å². The van der Waals surface area contributed by atoms with E-state index in [4.69, 9.17) is 4.74 Å². The number of rotatable bonds is 9. The Kier molecular flexibility index (Phi) is 7.80. The number of hydrogen-bond acceptors (Lipinski definition) is 4. The van der Waals surface area contributed by atoms with Gasteiger partial charge in [0, 0.05) is 57.6 Å². The van der Waals surface area contributed by atoms with Crippen molar-refractivity contribution in [1.82, 2.24) is 9.88 Å². The van der Waals surface area contributed by atoms with E-state index >= 15 is 0 Å². The number of nitrogens with zero attached hydrogens (tertiary/aromatic N) is 3. The molecule has 156 valence electrons. The normalized spacial score (nSPS) is 10.5. The molecule has 0 fully saturated rings. The van der Waals surface area contributed by atoms with Crippen LogP contribution in [0.1, 0.15) is 11.1 Å². The van der Waals surface area contributed by atoms with Gasteiger partial charge < -0.3 is 19.9 Å². The number of pyridine rings is 1. The van der Waals surface area contributed by atoms with Gasteiger partial charge in [0.15, 0.2) is 0 Å². The average molecular weight is 405 g/mol. The third-order valence-electron chi connectivity index (χ3n) is 4.77. The number of anilines is 2. The van der Waals surface area contributed by atoms with Crippen LogP contribution in [0.3, 0.4) is 0 Å². The van der Waals surface area contributed by atoms with Crippen molar-refractivity contribution in [2.45, 2.75) is 13.1 Å². The Hall–Kier alpha value is -3.38. The molecule has 0 aliphatic heterocycles. The van der Waals surface area contributed by atoms with Gasteiger partial charge >= 0.3 is 6.03 Å². The largest absolute Gasteiger partial charge is 0.383 e. The lowest BCUT2D eigenvalue weighted by atomic mass is 10.2. The fourth-order valence-corrected chi connectivity index (χ4v) is 3.12. The van der Waals surface area contributed by atoms with Gasteiger partial charge in [-0.2, -0.15) is 0 Å². The van der Waals surface area contributed by atoms with Crippen LogP contribution in [-0.2, 0) is 17.8 Å². The van der Waals surface area contributed by atoms with Crippen LogP contribution in [0.2, 0.25) is 0 Å². The molecule has 2 amide bonds. The smallest absolute Gasteiger partial charge is 0.322 e. The first-order valence-corrected chi connectivity index (χ1v) is 9.94. The fourth-order valence-electron chi connectivity index (χ4n) is 3.12. The maximum absolute atomic E-state index is 12.8. The van der Waals surface area contributed by atoms with E-state index in [0.29, 0.717) is 19.7 Å². The van der Waals surface area contributed by atoms with Crippen molar-refractivity contribution < 1.29 is 9.53 Å². The number of benzene rings is 2. The number of ether oxygens (including phenoxy) is 1. The minimum absolute atomic E-state index is 0.165. The van der Waals surface area contributed by atoms with Crippen LogP contribution >= 0.6 is 0 Å². The zero-order valence-electron chi connectivity index (χ0n) is 17.5. The van der Waals surface area contributed by atoms with E-state index in [1.165, 1.54) is 5.56 Å². The molecule has 3 aromatic rings. The topological polar surface area (TPSA) is 57.7 Å². The second-order valence-corrected chi connectivity index (χ2v) is 7.09. The lowest BCUT2D eigenvalue weighted by Crippen LogP contribution is -2.36. The molecule has 0 spiro atoms. The Bertz CT molecular complexity index is 902. The predicted octanol–water partition coefficient (Wildman–Crippen LogP) is 4.40. The molecular formula is C24H28N4O2. The first kappa shape index (κ1) is 21.3. The maximum Gasteiger partial charge on any atom is 0.322 e. The van der Waals surface area contributed by atoms with Gasteiger partial charge in [-0.3, -0.25) is 4.98 Å². The predicted molar refractivity (Wildman–Crippen MR) is 121 cm³/mol. The van der Waals surface area contributed by atoms with Gasteiger partial charge in [-0.25, -0.2) is 4.79 Å². The summed E-state index contributed by atoms with van der Waals surface area (Å²) in [5.41, 5.74) is 4.07. The molecule has 1 heterocycles. The van der Waals surface area contributed by atoms with Crippen LogP contribution in [0.15, 0.2) is 79.1 Å². The van der Waals surface area contributed by atoms with Gasteiger partial charge in [0.2, 0.25) is 0 Å². The standard InChI is InChI=1S/C24H28N4O2/c1-27(18-20-7-4-3-5-8-20)23-12-10-22(11-13-23)26-24(29)28(15-16-30-2)19-21-9-6-14-25-17-21/h3-14,17H,15-16,18-19H2,1-2H3,(H,26,29). The van der Waals surface area contributed by atoms with Crippen LogP contribution in [0.25, 0.3) is 0 Å². The molecule has 1 aromatic heterocycles. The molecular weight excluding hydrogens is 376 g/mol. The Morgan fingerprint density at radius 2 is 1.70 bits per heavy atom. The first-order valence-electron chi connectivity index (χ1n) is 9.94. The highest BCUT2D eigenvalue weighted by molar-refractivity contribution is 5.89. The molecule has 0 atom stereocenters. The summed E-state index contributed by atoms with van der Waals surface area (Å²) in [6, 6.07) is 21.9. The number of urea groups is 1. The number of aromatic nitrogens is 1. The van der Waals surface area contributed by atoms with Gasteiger partial charge in [-0.05, 0) is 41.5 Å². The Labute approximate surface area is 178 Å². The summed E-state index contributed by atoms with van der Waals surface area (Å²) in [6.45, 7) is 2.26. The van der Waals surface area contributed by atoms with Gasteiger partial charge in [-0.1, -0.05) is 36.4 Å². The van der Waals surface area contributed by atoms with Crippen molar-refractivity contribution in [3.63, 3.8) is 0 Å². The van der Waals surface area contributed by atoms with Crippen LogP contribution in [0.5, 0.6) is 0 Å². The quantitative estimate of drug-likeness (QED) is 0.574. The average Bonchev–Trinajstić information content (AvgIpc) is 2.78. The lowest BCUT2D eigenvalue weighted by Gasteiger charge is -2.23. The molecule has 0 saturated carbocycles. The summed E-state index contributed by atoms with van der Waals surface area (Å²) in [6.07, 6.45) is 3.49. The van der Waals surface area contributed by atoms with Crippen molar-refractivity contribution in [2.24, 2.45) is 0 Å². The molecule has 0 aliphatic rings. The molecule has 30 heavy (non-hydrogen) atoms. The number of amides is 2. The SMILES string of the molecule is COCCN(Cc1cccnc1)C(=O)Nc1ccc(N(C)Cc2ccccc2)cc1. The second kappa shape index (κ2) is 11.0. The summed E-state index contributed by atoms with van der Waals surface area (Å²) in [4.78, 5) is 20.8. The van der Waals surface area contributed by atoms with Gasteiger partial charge in [-0.15, -0.1) is 0 Å². The van der Waals surface area contributed by atoms with E-state index in [0.717, 1.165) is 23.5 Å². The van der Waals surface area contributed by atoms with Crippen LogP contribution in [0.4, 0.5) is 16.2 Å². The van der Waals surface area contributed by atoms with Crippen LogP contribution in [-0.4, -0.2) is 43.2 Å². The van der Waals surface area contributed by atoms with E-state index < -0.39 is 0 Å². The molecule has 1 N–H and O–H groups in total. The fraction of sp³-hybridized carbons (Fsp3) is 0.250. The number of hydrogen-bond donors (Lipinski definition) is 1. The molecule has 0 bridgehead atoms. The van der Waals surface area contributed by atoms with E-state index in [2.05, 4.69) is 34.4 Å². The van der Waals surface area contributed by atoms with E-state index in [-0.39, 0.29) is 6.03 Å². The monoisotopic (exact) mass is 404 g/mol. The van der Waals surface area contributed by atoms with Gasteiger partial charge in [0.25, 0.3) is 0 Å². The van der Waals surface area contributed by atoms with E-state index in [1.54, 1.807) is 24.4 Å². The number of methoxy groups -OCH3 is 1. The number of nitrogens with one attached hydrogen (secondary N) is 1. The van der Waals surface area contributed by atoms with E-state index in [1.807, 2.05) is 54.6 Å². The number of carbonyl (C=O) groups excluding carboxylic acids is 1. The number of carbonyl (C=O) groups is 1. The minimum atomic E-state index is -0.165. The molecule has 0 radical (unpaired) electrons. The molecule has 0 aliphatic carbocycles. The zero-order valence-corrected chi connectivity index (χ0v) is 17.5. The summed E-state index contributed by atoms with van der Waals surface area (Å²) in [5.74, 6) is 0. The molecule has 0 unspecified atom stereocenters. The highest BCUT2D eigenvalue weighted by atomic mass is 16.5. The van der Waals surface area contributed by atoms with Gasteiger partial charge in [0.1, 0.15) is 0 Å². The van der Waals surface area contributed by atoms with Gasteiger partial charge in [0.05, 0.1) is 6.61 Å². The van der Waals surface area contributed by atoms with Crippen molar-refractivity contribution in [3.05, 3.63) is 90.3 Å². The summed E-state index contributed by atoms with van der Waals surface area (Å²) in [5, 5.41) is 2.98. The van der Waals surface area contributed by atoms with Crippen molar-refractivity contribution in [1.29, 1.82) is 0 Å². The van der Waals surface area contributed by atoms with E-state index in [9.17, 15) is 4.79 Å². The molecule has 6 heteroatoms. The highest BCUT2D eigenvalue weighted by Crippen LogP contribution is 2.19. The summed E-state index contributed by atoms with van der Waals surface area (Å²) >= 11 is 0. The molecule has 2 aromatic carbocycles. The Balaban J connectivity index is 1.61. The molecule has 3 rings (SSSR count). The Morgan fingerprint density at radius 3 is 2.37 bits per heavy atom. The molecule has 6 nitrogen and oxygen atoms in total. The zero-order chi connectivity index (χ0) is 21.2.